The first-order chi connectivity index (χ1) is 14.1. The highest BCUT2D eigenvalue weighted by atomic mass is 16.2. The molecule has 2 aromatic carbocycles. The molecule has 1 atom stereocenters. The minimum atomic E-state index is 0.00622. The summed E-state index contributed by atoms with van der Waals surface area (Å²) in [5, 5.41) is 8.69. The second-order valence-corrected chi connectivity index (χ2v) is 8.90. The van der Waals surface area contributed by atoms with E-state index in [2.05, 4.69) is 17.6 Å². The lowest BCUT2D eigenvalue weighted by Gasteiger charge is -2.36. The summed E-state index contributed by atoms with van der Waals surface area (Å²) >= 11 is 0. The van der Waals surface area contributed by atoms with Crippen LogP contribution in [0.3, 0.4) is 0 Å². The zero-order valence-electron chi connectivity index (χ0n) is 17.2. The van der Waals surface area contributed by atoms with E-state index in [0.717, 1.165) is 55.2 Å². The lowest BCUT2D eigenvalue weighted by Crippen LogP contribution is -2.48. The van der Waals surface area contributed by atoms with Crippen LogP contribution in [-0.2, 0) is 4.79 Å². The first-order valence-electron chi connectivity index (χ1n) is 10.8. The highest BCUT2D eigenvalue weighted by molar-refractivity contribution is 6.07. The molecule has 4 rings (SSSR count). The van der Waals surface area contributed by atoms with Crippen molar-refractivity contribution >= 4 is 22.6 Å². The van der Waals surface area contributed by atoms with Crippen LogP contribution in [0.1, 0.15) is 43.0 Å². The summed E-state index contributed by atoms with van der Waals surface area (Å²) < 4.78 is 0. The van der Waals surface area contributed by atoms with E-state index in [1.807, 2.05) is 47.4 Å². The van der Waals surface area contributed by atoms with Crippen LogP contribution in [0.5, 0.6) is 0 Å². The van der Waals surface area contributed by atoms with Crippen molar-refractivity contribution in [3.8, 4) is 0 Å². The maximum atomic E-state index is 13.1. The Morgan fingerprint density at radius 1 is 1.14 bits per heavy atom. The van der Waals surface area contributed by atoms with Gasteiger partial charge in [0.05, 0.1) is 0 Å². The SMILES string of the molecule is CC1(CNC(=O)C2CCN(C(=O)c3cccc4ccccc34)CC2)CCCNC1. The van der Waals surface area contributed by atoms with Crippen LogP contribution in [0.4, 0.5) is 0 Å². The van der Waals surface area contributed by atoms with Gasteiger partial charge in [0.15, 0.2) is 0 Å². The van der Waals surface area contributed by atoms with Gasteiger partial charge in [-0.1, -0.05) is 43.3 Å². The lowest BCUT2D eigenvalue weighted by molar-refractivity contribution is -0.126. The van der Waals surface area contributed by atoms with Crippen LogP contribution in [0.15, 0.2) is 42.5 Å². The van der Waals surface area contributed by atoms with Crippen molar-refractivity contribution in [3.63, 3.8) is 0 Å². The molecule has 2 aromatic rings. The molecular weight excluding hydrogens is 362 g/mol. The molecule has 2 aliphatic heterocycles. The van der Waals surface area contributed by atoms with Gasteiger partial charge in [-0.2, -0.15) is 0 Å². The van der Waals surface area contributed by atoms with E-state index in [0.29, 0.717) is 13.1 Å². The van der Waals surface area contributed by atoms with Crippen molar-refractivity contribution in [1.82, 2.24) is 15.5 Å². The number of nitrogens with one attached hydrogen (secondary N) is 2. The number of nitrogens with zero attached hydrogens (tertiary/aromatic N) is 1. The fraction of sp³-hybridized carbons (Fsp3) is 0.500. The van der Waals surface area contributed by atoms with Crippen molar-refractivity contribution in [2.75, 3.05) is 32.7 Å². The molecule has 2 N–H and O–H groups in total. The summed E-state index contributed by atoms with van der Waals surface area (Å²) in [6.07, 6.45) is 3.79. The number of piperidine rings is 2. The van der Waals surface area contributed by atoms with Gasteiger partial charge in [0.1, 0.15) is 0 Å². The molecule has 0 bridgehead atoms. The highest BCUT2D eigenvalue weighted by Gasteiger charge is 2.31. The molecule has 0 aromatic heterocycles. The zero-order chi connectivity index (χ0) is 20.3. The van der Waals surface area contributed by atoms with E-state index in [1.165, 1.54) is 6.42 Å². The number of carbonyl (C=O) groups excluding carboxylic acids is 2. The fourth-order valence-corrected chi connectivity index (χ4v) is 4.64. The molecule has 2 heterocycles. The molecule has 2 fully saturated rings. The van der Waals surface area contributed by atoms with Gasteiger partial charge in [-0.05, 0) is 54.5 Å². The molecule has 0 spiro atoms. The third-order valence-electron chi connectivity index (χ3n) is 6.55. The Labute approximate surface area is 172 Å². The number of rotatable bonds is 4. The van der Waals surface area contributed by atoms with Crippen molar-refractivity contribution in [2.45, 2.75) is 32.6 Å². The lowest BCUT2D eigenvalue weighted by atomic mass is 9.82. The number of benzene rings is 2. The third-order valence-corrected chi connectivity index (χ3v) is 6.55. The second kappa shape index (κ2) is 8.54. The normalized spacial score (nSPS) is 23.1. The van der Waals surface area contributed by atoms with Crippen LogP contribution in [0, 0.1) is 11.3 Å². The number of likely N-dealkylation sites (tertiary alicyclic amines) is 1. The quantitative estimate of drug-likeness (QED) is 0.839. The minimum absolute atomic E-state index is 0.00622. The molecule has 2 saturated heterocycles. The van der Waals surface area contributed by atoms with E-state index in [1.54, 1.807) is 0 Å². The first-order valence-corrected chi connectivity index (χ1v) is 10.8. The Balaban J connectivity index is 1.33. The molecule has 5 nitrogen and oxygen atoms in total. The maximum Gasteiger partial charge on any atom is 0.254 e. The van der Waals surface area contributed by atoms with E-state index < -0.39 is 0 Å². The minimum Gasteiger partial charge on any atom is -0.355 e. The van der Waals surface area contributed by atoms with Gasteiger partial charge in [-0.15, -0.1) is 0 Å². The fourth-order valence-electron chi connectivity index (χ4n) is 4.64. The molecule has 5 heteroatoms. The Hall–Kier alpha value is -2.40. The van der Waals surface area contributed by atoms with Gasteiger partial charge in [0.2, 0.25) is 5.91 Å². The van der Waals surface area contributed by atoms with Crippen molar-refractivity contribution in [1.29, 1.82) is 0 Å². The van der Waals surface area contributed by atoms with Gasteiger partial charge in [0, 0.05) is 37.7 Å². The second-order valence-electron chi connectivity index (χ2n) is 8.90. The van der Waals surface area contributed by atoms with Crippen LogP contribution >= 0.6 is 0 Å². The average Bonchev–Trinajstić information content (AvgIpc) is 2.77. The molecule has 1 unspecified atom stereocenters. The predicted molar refractivity (Wildman–Crippen MR) is 116 cm³/mol. The summed E-state index contributed by atoms with van der Waals surface area (Å²) in [5.74, 6) is 0.224. The van der Waals surface area contributed by atoms with E-state index in [9.17, 15) is 9.59 Å². The third kappa shape index (κ3) is 4.45. The maximum absolute atomic E-state index is 13.1. The van der Waals surface area contributed by atoms with Crippen LogP contribution in [0.2, 0.25) is 0 Å². The molecular formula is C24H31N3O2. The van der Waals surface area contributed by atoms with E-state index >= 15 is 0 Å². The van der Waals surface area contributed by atoms with Crippen molar-refractivity contribution < 1.29 is 9.59 Å². The molecule has 0 radical (unpaired) electrons. The summed E-state index contributed by atoms with van der Waals surface area (Å²) in [6.45, 7) is 6.29. The standard InChI is InChI=1S/C24H31N3O2/c1-24(12-5-13-25-16-24)17-26-22(28)19-10-14-27(15-11-19)23(29)21-9-4-7-18-6-2-3-8-20(18)21/h2-4,6-9,19,25H,5,10-17H2,1H3,(H,26,28). The molecule has 2 amide bonds. The molecule has 0 saturated carbocycles. The van der Waals surface area contributed by atoms with E-state index in [4.69, 9.17) is 0 Å². The van der Waals surface area contributed by atoms with Gasteiger partial charge >= 0.3 is 0 Å². The smallest absolute Gasteiger partial charge is 0.254 e. The molecule has 29 heavy (non-hydrogen) atoms. The van der Waals surface area contributed by atoms with Crippen LogP contribution in [0.25, 0.3) is 10.8 Å². The van der Waals surface area contributed by atoms with Gasteiger partial charge in [-0.25, -0.2) is 0 Å². The molecule has 0 aliphatic carbocycles. The van der Waals surface area contributed by atoms with Gasteiger partial charge in [-0.3, -0.25) is 9.59 Å². The van der Waals surface area contributed by atoms with Crippen LogP contribution < -0.4 is 10.6 Å². The summed E-state index contributed by atoms with van der Waals surface area (Å²) in [4.78, 5) is 27.7. The number of hydrogen-bond donors (Lipinski definition) is 2. The average molecular weight is 394 g/mol. The van der Waals surface area contributed by atoms with Gasteiger partial charge in [0.25, 0.3) is 5.91 Å². The topological polar surface area (TPSA) is 61.4 Å². The summed E-state index contributed by atoms with van der Waals surface area (Å²) in [5.41, 5.74) is 0.905. The summed E-state index contributed by atoms with van der Waals surface area (Å²) in [6, 6.07) is 13.9. The Morgan fingerprint density at radius 3 is 2.66 bits per heavy atom. The van der Waals surface area contributed by atoms with Crippen LogP contribution in [-0.4, -0.2) is 49.4 Å². The monoisotopic (exact) mass is 393 g/mol. The zero-order valence-corrected chi connectivity index (χ0v) is 17.2. The van der Waals surface area contributed by atoms with Crippen molar-refractivity contribution in [3.05, 3.63) is 48.0 Å². The van der Waals surface area contributed by atoms with Gasteiger partial charge < -0.3 is 15.5 Å². The first kappa shape index (κ1) is 19.9. The van der Waals surface area contributed by atoms with Crippen molar-refractivity contribution in [2.24, 2.45) is 11.3 Å². The molecule has 154 valence electrons. The number of hydrogen-bond acceptors (Lipinski definition) is 3. The molecule has 2 aliphatic rings. The highest BCUT2D eigenvalue weighted by Crippen LogP contribution is 2.26. The number of amides is 2. The Kier molecular flexibility index (Phi) is 5.86. The van der Waals surface area contributed by atoms with E-state index in [-0.39, 0.29) is 23.1 Å². The largest absolute Gasteiger partial charge is 0.355 e. The summed E-state index contributed by atoms with van der Waals surface area (Å²) in [7, 11) is 0. The number of fused-ring (bicyclic) bond motifs is 1. The predicted octanol–water partition coefficient (Wildman–Crippen LogP) is 3.20. The number of carbonyl (C=O) groups is 2. The Morgan fingerprint density at radius 2 is 1.90 bits per heavy atom. The Bertz CT molecular complexity index is 875.